The van der Waals surface area contributed by atoms with E-state index >= 15 is 0 Å². The summed E-state index contributed by atoms with van der Waals surface area (Å²) in [4.78, 5) is 0. The topological polar surface area (TPSA) is 39.1 Å². The Kier molecular flexibility index (Phi) is 4.68. The molecule has 5 heteroatoms. The summed E-state index contributed by atoms with van der Waals surface area (Å²) in [5.41, 5.74) is 0.994. The maximum Gasteiger partial charge on any atom is 0.157 e. The number of nitrogens with zero attached hydrogens (tertiary/aromatic N) is 2. The summed E-state index contributed by atoms with van der Waals surface area (Å²) in [5, 5.41) is 8.19. The molecular weight excluding hydrogens is 262 g/mol. The van der Waals surface area contributed by atoms with Gasteiger partial charge in [-0.3, -0.25) is 4.68 Å². The Hall–Kier alpha value is -1.68. The molecule has 4 nitrogen and oxygen atoms in total. The highest BCUT2D eigenvalue weighted by atomic mass is 35.5. The van der Waals surface area contributed by atoms with Gasteiger partial charge in [0.1, 0.15) is 6.61 Å². The molecule has 0 fully saturated rings. The quantitative estimate of drug-likeness (QED) is 0.821. The summed E-state index contributed by atoms with van der Waals surface area (Å²) in [7, 11) is 0. The lowest BCUT2D eigenvalue weighted by atomic mass is 10.3. The highest BCUT2D eigenvalue weighted by Gasteiger charge is 2.02. The van der Waals surface area contributed by atoms with E-state index in [1.165, 1.54) is 0 Å². The summed E-state index contributed by atoms with van der Waals surface area (Å²) >= 11 is 5.90. The highest BCUT2D eigenvalue weighted by molar-refractivity contribution is 6.30. The van der Waals surface area contributed by atoms with E-state index in [9.17, 15) is 0 Å². The summed E-state index contributed by atoms with van der Waals surface area (Å²) in [6, 6.07) is 7.98. The Labute approximate surface area is 118 Å². The minimum Gasteiger partial charge on any atom is -0.488 e. The third-order valence-electron chi connectivity index (χ3n) is 2.63. The first-order valence-corrected chi connectivity index (χ1v) is 6.69. The van der Waals surface area contributed by atoms with Crippen molar-refractivity contribution in [2.75, 3.05) is 18.5 Å². The van der Waals surface area contributed by atoms with E-state index < -0.39 is 0 Å². The molecule has 1 aromatic heterocycles. The van der Waals surface area contributed by atoms with Gasteiger partial charge in [0.25, 0.3) is 0 Å². The van der Waals surface area contributed by atoms with Gasteiger partial charge in [-0.25, -0.2) is 0 Å². The summed E-state index contributed by atoms with van der Waals surface area (Å²) in [6.45, 7) is 5.46. The minimum absolute atomic E-state index is 0.349. The van der Waals surface area contributed by atoms with Crippen molar-refractivity contribution in [1.82, 2.24) is 9.78 Å². The van der Waals surface area contributed by atoms with Crippen LogP contribution < -0.4 is 10.1 Å². The molecule has 0 unspecified atom stereocenters. The zero-order valence-corrected chi connectivity index (χ0v) is 11.9. The fourth-order valence-electron chi connectivity index (χ4n) is 1.64. The minimum atomic E-state index is 0.349. The number of nitrogens with one attached hydrogen (secondary N) is 1. The second kappa shape index (κ2) is 6.48. The van der Waals surface area contributed by atoms with Crippen molar-refractivity contribution in [2.45, 2.75) is 19.9 Å². The third-order valence-corrected chi connectivity index (χ3v) is 2.87. The van der Waals surface area contributed by atoms with Crippen LogP contribution in [0, 0.1) is 0 Å². The predicted octanol–water partition coefficient (Wildman–Crippen LogP) is 3.61. The van der Waals surface area contributed by atoms with Crippen molar-refractivity contribution in [3.63, 3.8) is 0 Å². The molecule has 0 aliphatic rings. The van der Waals surface area contributed by atoms with E-state index in [0.29, 0.717) is 19.2 Å². The zero-order valence-electron chi connectivity index (χ0n) is 11.1. The highest BCUT2D eigenvalue weighted by Crippen LogP contribution is 2.15. The van der Waals surface area contributed by atoms with Gasteiger partial charge in [-0.1, -0.05) is 17.7 Å². The molecular formula is C14H18ClN3O. The average Bonchev–Trinajstić information content (AvgIpc) is 2.84. The molecule has 2 rings (SSSR count). The van der Waals surface area contributed by atoms with Crippen molar-refractivity contribution in [3.05, 3.63) is 41.7 Å². The maximum atomic E-state index is 5.90. The smallest absolute Gasteiger partial charge is 0.157 e. The molecule has 0 amide bonds. The molecule has 0 saturated heterocycles. The SMILES string of the molecule is CC(C)n1cc(OCCNc2cccc(Cl)c2)cn1. The normalized spacial score (nSPS) is 10.7. The molecule has 0 aliphatic carbocycles. The Bertz CT molecular complexity index is 525. The van der Waals surface area contributed by atoms with E-state index in [1.807, 2.05) is 35.1 Å². The first-order valence-electron chi connectivity index (χ1n) is 6.31. The molecule has 1 heterocycles. The number of ether oxygens (including phenoxy) is 1. The van der Waals surface area contributed by atoms with Crippen LogP contribution in [-0.4, -0.2) is 22.9 Å². The number of halogens is 1. The first-order chi connectivity index (χ1) is 9.15. The van der Waals surface area contributed by atoms with E-state index in [2.05, 4.69) is 24.3 Å². The van der Waals surface area contributed by atoms with Gasteiger partial charge in [0.05, 0.1) is 12.4 Å². The number of hydrogen-bond donors (Lipinski definition) is 1. The molecule has 102 valence electrons. The van der Waals surface area contributed by atoms with E-state index in [1.54, 1.807) is 6.20 Å². The fraction of sp³-hybridized carbons (Fsp3) is 0.357. The van der Waals surface area contributed by atoms with Crippen LogP contribution in [0.1, 0.15) is 19.9 Å². The lowest BCUT2D eigenvalue weighted by Gasteiger charge is -2.07. The molecule has 0 atom stereocenters. The van der Waals surface area contributed by atoms with Crippen molar-refractivity contribution in [3.8, 4) is 5.75 Å². The lowest BCUT2D eigenvalue weighted by Crippen LogP contribution is -2.11. The van der Waals surface area contributed by atoms with Crippen LogP contribution in [0.5, 0.6) is 5.75 Å². The lowest BCUT2D eigenvalue weighted by molar-refractivity contribution is 0.332. The Morgan fingerprint density at radius 2 is 2.26 bits per heavy atom. The largest absolute Gasteiger partial charge is 0.488 e. The maximum absolute atomic E-state index is 5.90. The molecule has 0 bridgehead atoms. The standard InChI is InChI=1S/C14H18ClN3O/c1-11(2)18-10-14(9-17-18)19-7-6-16-13-5-3-4-12(15)8-13/h3-5,8-11,16H,6-7H2,1-2H3. The van der Waals surface area contributed by atoms with Crippen molar-refractivity contribution >= 4 is 17.3 Å². The second-order valence-electron chi connectivity index (χ2n) is 4.54. The number of hydrogen-bond acceptors (Lipinski definition) is 3. The number of rotatable bonds is 6. The molecule has 19 heavy (non-hydrogen) atoms. The van der Waals surface area contributed by atoms with Crippen LogP contribution in [-0.2, 0) is 0 Å². The van der Waals surface area contributed by atoms with E-state index in [0.717, 1.165) is 16.5 Å². The molecule has 1 aromatic carbocycles. The van der Waals surface area contributed by atoms with E-state index in [4.69, 9.17) is 16.3 Å². The van der Waals surface area contributed by atoms with Gasteiger partial charge in [0.2, 0.25) is 0 Å². The van der Waals surface area contributed by atoms with Crippen molar-refractivity contribution in [1.29, 1.82) is 0 Å². The summed E-state index contributed by atoms with van der Waals surface area (Å²) < 4.78 is 7.48. The average molecular weight is 280 g/mol. The third kappa shape index (κ3) is 4.17. The molecule has 0 radical (unpaired) electrons. The van der Waals surface area contributed by atoms with E-state index in [-0.39, 0.29) is 0 Å². The van der Waals surface area contributed by atoms with Crippen LogP contribution >= 0.6 is 11.6 Å². The molecule has 1 N–H and O–H groups in total. The van der Waals surface area contributed by atoms with Gasteiger partial charge in [-0.2, -0.15) is 5.10 Å². The van der Waals surface area contributed by atoms with Gasteiger partial charge in [-0.15, -0.1) is 0 Å². The second-order valence-corrected chi connectivity index (χ2v) is 4.97. The first kappa shape index (κ1) is 13.7. The van der Waals surface area contributed by atoms with Gasteiger partial charge in [0, 0.05) is 23.3 Å². The van der Waals surface area contributed by atoms with Gasteiger partial charge >= 0.3 is 0 Å². The van der Waals surface area contributed by atoms with Crippen LogP contribution in [0.3, 0.4) is 0 Å². The molecule has 2 aromatic rings. The van der Waals surface area contributed by atoms with Gasteiger partial charge in [0.15, 0.2) is 5.75 Å². The van der Waals surface area contributed by atoms with Gasteiger partial charge < -0.3 is 10.1 Å². The number of anilines is 1. The molecule has 0 spiro atoms. The number of benzene rings is 1. The predicted molar refractivity (Wildman–Crippen MR) is 78.0 cm³/mol. The summed E-state index contributed by atoms with van der Waals surface area (Å²) in [6.07, 6.45) is 3.64. The summed E-state index contributed by atoms with van der Waals surface area (Å²) in [5.74, 6) is 0.793. The van der Waals surface area contributed by atoms with Crippen molar-refractivity contribution < 1.29 is 4.74 Å². The fourth-order valence-corrected chi connectivity index (χ4v) is 1.83. The Morgan fingerprint density at radius 1 is 1.42 bits per heavy atom. The Morgan fingerprint density at radius 3 is 2.95 bits per heavy atom. The monoisotopic (exact) mass is 279 g/mol. The van der Waals surface area contributed by atoms with Gasteiger partial charge in [-0.05, 0) is 32.0 Å². The molecule has 0 saturated carbocycles. The van der Waals surface area contributed by atoms with Crippen molar-refractivity contribution in [2.24, 2.45) is 0 Å². The zero-order chi connectivity index (χ0) is 13.7. The van der Waals surface area contributed by atoms with Crippen LogP contribution in [0.2, 0.25) is 5.02 Å². The Balaban J connectivity index is 1.74. The van der Waals surface area contributed by atoms with Crippen LogP contribution in [0.4, 0.5) is 5.69 Å². The van der Waals surface area contributed by atoms with Crippen LogP contribution in [0.15, 0.2) is 36.7 Å². The number of aromatic nitrogens is 2. The van der Waals surface area contributed by atoms with Crippen LogP contribution in [0.25, 0.3) is 0 Å². The molecule has 0 aliphatic heterocycles.